The molecular formula is C10H14BrNO. The van der Waals surface area contributed by atoms with Gasteiger partial charge in [-0.25, -0.2) is 0 Å². The first-order valence-electron chi connectivity index (χ1n) is 4.11. The minimum Gasteiger partial charge on any atom is -0.507 e. The van der Waals surface area contributed by atoms with Crippen LogP contribution in [0.5, 0.6) is 5.75 Å². The summed E-state index contributed by atoms with van der Waals surface area (Å²) in [6, 6.07) is 3.67. The number of rotatable bonds is 1. The third kappa shape index (κ3) is 2.23. The van der Waals surface area contributed by atoms with E-state index in [1.54, 1.807) is 6.07 Å². The van der Waals surface area contributed by atoms with E-state index < -0.39 is 5.54 Å². The van der Waals surface area contributed by atoms with Crippen molar-refractivity contribution in [3.8, 4) is 5.75 Å². The monoisotopic (exact) mass is 243 g/mol. The first-order valence-corrected chi connectivity index (χ1v) is 4.90. The lowest BCUT2D eigenvalue weighted by Gasteiger charge is -2.20. The molecule has 0 bridgehead atoms. The Morgan fingerprint density at radius 2 is 1.92 bits per heavy atom. The Hall–Kier alpha value is -0.540. The van der Waals surface area contributed by atoms with Crippen LogP contribution in [0.15, 0.2) is 16.6 Å². The number of benzene rings is 1. The number of phenolic OH excluding ortho intramolecular Hbond substituents is 1. The van der Waals surface area contributed by atoms with E-state index in [4.69, 9.17) is 5.73 Å². The minimum atomic E-state index is -0.414. The predicted molar refractivity (Wildman–Crippen MR) is 57.8 cm³/mol. The van der Waals surface area contributed by atoms with Crippen molar-refractivity contribution >= 4 is 15.9 Å². The molecule has 0 atom stereocenters. The molecule has 0 aliphatic rings. The maximum absolute atomic E-state index is 9.54. The zero-order chi connectivity index (χ0) is 10.2. The second-order valence-corrected chi connectivity index (χ2v) is 4.64. The van der Waals surface area contributed by atoms with Crippen molar-refractivity contribution in [3.05, 3.63) is 27.7 Å². The van der Waals surface area contributed by atoms with Gasteiger partial charge in [0.05, 0.1) is 4.47 Å². The standard InChI is InChI=1S/C10H14BrNO/c1-6-4-7(10(2,3)12)5-8(13)9(6)11/h4-5,13H,12H2,1-3H3. The predicted octanol–water partition coefficient (Wildman–Crippen LogP) is 2.66. The molecule has 0 aliphatic heterocycles. The normalized spacial score (nSPS) is 11.8. The van der Waals surface area contributed by atoms with E-state index in [2.05, 4.69) is 15.9 Å². The van der Waals surface area contributed by atoms with Crippen LogP contribution in [0.4, 0.5) is 0 Å². The fraction of sp³-hybridized carbons (Fsp3) is 0.400. The molecule has 0 aromatic heterocycles. The Morgan fingerprint density at radius 1 is 1.38 bits per heavy atom. The van der Waals surface area contributed by atoms with Gasteiger partial charge in [0.15, 0.2) is 0 Å². The highest BCUT2D eigenvalue weighted by atomic mass is 79.9. The molecule has 0 heterocycles. The molecule has 72 valence electrons. The molecule has 2 nitrogen and oxygen atoms in total. The quantitative estimate of drug-likeness (QED) is 0.797. The van der Waals surface area contributed by atoms with E-state index in [1.165, 1.54) is 0 Å². The highest BCUT2D eigenvalue weighted by Gasteiger charge is 2.16. The van der Waals surface area contributed by atoms with Crippen LogP contribution in [0, 0.1) is 6.92 Å². The first kappa shape index (κ1) is 10.5. The van der Waals surface area contributed by atoms with Gasteiger partial charge < -0.3 is 10.8 Å². The number of nitrogens with two attached hydrogens (primary N) is 1. The highest BCUT2D eigenvalue weighted by Crippen LogP contribution is 2.31. The topological polar surface area (TPSA) is 46.2 Å². The second kappa shape index (κ2) is 3.31. The summed E-state index contributed by atoms with van der Waals surface area (Å²) in [6.07, 6.45) is 0. The fourth-order valence-corrected chi connectivity index (χ4v) is 1.35. The molecule has 0 amide bonds. The maximum atomic E-state index is 9.54. The average Bonchev–Trinajstić information content (AvgIpc) is 1.97. The summed E-state index contributed by atoms with van der Waals surface area (Å²) in [7, 11) is 0. The Morgan fingerprint density at radius 3 is 2.31 bits per heavy atom. The number of hydrogen-bond donors (Lipinski definition) is 2. The molecule has 1 aromatic rings. The molecule has 3 heteroatoms. The average molecular weight is 244 g/mol. The minimum absolute atomic E-state index is 0.244. The molecular weight excluding hydrogens is 230 g/mol. The zero-order valence-corrected chi connectivity index (χ0v) is 9.64. The van der Waals surface area contributed by atoms with Crippen LogP contribution in [0.2, 0.25) is 0 Å². The van der Waals surface area contributed by atoms with Crippen LogP contribution in [0.3, 0.4) is 0 Å². The van der Waals surface area contributed by atoms with Gasteiger partial charge in [-0.2, -0.15) is 0 Å². The number of halogens is 1. The van der Waals surface area contributed by atoms with Crippen LogP contribution >= 0.6 is 15.9 Å². The molecule has 1 rings (SSSR count). The summed E-state index contributed by atoms with van der Waals surface area (Å²) in [5, 5.41) is 9.54. The van der Waals surface area contributed by atoms with Gasteiger partial charge in [-0.05, 0) is 53.9 Å². The van der Waals surface area contributed by atoms with Gasteiger partial charge >= 0.3 is 0 Å². The highest BCUT2D eigenvalue weighted by molar-refractivity contribution is 9.10. The van der Waals surface area contributed by atoms with Crippen molar-refractivity contribution in [2.75, 3.05) is 0 Å². The molecule has 1 aromatic carbocycles. The number of aromatic hydroxyl groups is 1. The Labute approximate surface area is 86.9 Å². The smallest absolute Gasteiger partial charge is 0.130 e. The van der Waals surface area contributed by atoms with Crippen molar-refractivity contribution in [1.29, 1.82) is 0 Å². The lowest BCUT2D eigenvalue weighted by Crippen LogP contribution is -2.28. The summed E-state index contributed by atoms with van der Waals surface area (Å²) < 4.78 is 0.737. The van der Waals surface area contributed by atoms with Crippen LogP contribution < -0.4 is 5.73 Å². The largest absolute Gasteiger partial charge is 0.507 e. The van der Waals surface area contributed by atoms with Crippen LogP contribution in [-0.4, -0.2) is 5.11 Å². The van der Waals surface area contributed by atoms with Gasteiger partial charge in [-0.1, -0.05) is 6.07 Å². The SMILES string of the molecule is Cc1cc(C(C)(C)N)cc(O)c1Br. The van der Waals surface area contributed by atoms with E-state index in [-0.39, 0.29) is 5.75 Å². The van der Waals surface area contributed by atoms with Crippen molar-refractivity contribution in [2.45, 2.75) is 26.3 Å². The van der Waals surface area contributed by atoms with Crippen LogP contribution in [0.25, 0.3) is 0 Å². The Balaban J connectivity index is 3.29. The molecule has 0 saturated heterocycles. The van der Waals surface area contributed by atoms with E-state index in [9.17, 15) is 5.11 Å². The summed E-state index contributed by atoms with van der Waals surface area (Å²) >= 11 is 3.29. The number of aryl methyl sites for hydroxylation is 1. The van der Waals surface area contributed by atoms with Gasteiger partial charge in [-0.3, -0.25) is 0 Å². The van der Waals surface area contributed by atoms with Crippen molar-refractivity contribution in [3.63, 3.8) is 0 Å². The Kier molecular flexibility index (Phi) is 2.68. The summed E-state index contributed by atoms with van der Waals surface area (Å²) in [4.78, 5) is 0. The molecule has 0 saturated carbocycles. The number of phenols is 1. The zero-order valence-electron chi connectivity index (χ0n) is 8.06. The molecule has 0 fully saturated rings. The fourth-order valence-electron chi connectivity index (χ4n) is 1.12. The van der Waals surface area contributed by atoms with Crippen LogP contribution in [-0.2, 0) is 5.54 Å². The molecule has 0 unspecified atom stereocenters. The summed E-state index contributed by atoms with van der Waals surface area (Å²) in [5.74, 6) is 0.244. The van der Waals surface area contributed by atoms with E-state index in [0.717, 1.165) is 15.6 Å². The third-order valence-electron chi connectivity index (χ3n) is 1.98. The molecule has 13 heavy (non-hydrogen) atoms. The first-order chi connectivity index (χ1) is 5.82. The van der Waals surface area contributed by atoms with Crippen molar-refractivity contribution in [1.82, 2.24) is 0 Å². The van der Waals surface area contributed by atoms with Gasteiger partial charge in [0.1, 0.15) is 5.75 Å². The van der Waals surface area contributed by atoms with Gasteiger partial charge in [-0.15, -0.1) is 0 Å². The van der Waals surface area contributed by atoms with Crippen LogP contribution in [0.1, 0.15) is 25.0 Å². The molecule has 0 aliphatic carbocycles. The van der Waals surface area contributed by atoms with Gasteiger partial charge in [0.25, 0.3) is 0 Å². The van der Waals surface area contributed by atoms with Gasteiger partial charge in [0.2, 0.25) is 0 Å². The summed E-state index contributed by atoms with van der Waals surface area (Å²) in [5.41, 5.74) is 7.43. The van der Waals surface area contributed by atoms with E-state index in [1.807, 2.05) is 26.8 Å². The summed E-state index contributed by atoms with van der Waals surface area (Å²) in [6.45, 7) is 5.75. The van der Waals surface area contributed by atoms with E-state index in [0.29, 0.717) is 0 Å². The lowest BCUT2D eigenvalue weighted by atomic mass is 9.94. The lowest BCUT2D eigenvalue weighted by molar-refractivity contribution is 0.465. The third-order valence-corrected chi connectivity index (χ3v) is 3.01. The van der Waals surface area contributed by atoms with Gasteiger partial charge in [0, 0.05) is 5.54 Å². The van der Waals surface area contributed by atoms with E-state index >= 15 is 0 Å². The van der Waals surface area contributed by atoms with Crippen molar-refractivity contribution in [2.24, 2.45) is 5.73 Å². The van der Waals surface area contributed by atoms with Crippen molar-refractivity contribution < 1.29 is 5.11 Å². The molecule has 0 spiro atoms. The Bertz CT molecular complexity index is 305. The second-order valence-electron chi connectivity index (χ2n) is 3.85. The molecule has 3 N–H and O–H groups in total. The molecule has 0 radical (unpaired) electrons. The maximum Gasteiger partial charge on any atom is 0.130 e. The number of hydrogen-bond acceptors (Lipinski definition) is 2.